The third-order valence-corrected chi connectivity index (χ3v) is 4.80. The van der Waals surface area contributed by atoms with Crippen LogP contribution >= 0.6 is 15.9 Å². The fourth-order valence-electron chi connectivity index (χ4n) is 1.72. The summed E-state index contributed by atoms with van der Waals surface area (Å²) >= 11 is 2.06. The molecule has 0 spiro atoms. The van der Waals surface area contributed by atoms with Crippen LogP contribution in [-0.4, -0.2) is 20.0 Å². The van der Waals surface area contributed by atoms with E-state index in [2.05, 4.69) is 25.3 Å². The van der Waals surface area contributed by atoms with Crippen LogP contribution in [0, 0.1) is 0 Å². The molecule has 1 aromatic carbocycles. The van der Waals surface area contributed by atoms with Crippen LogP contribution < -0.4 is 5.73 Å². The number of hydrogen-bond acceptors (Lipinski definition) is 4. The maximum atomic E-state index is 12.5. The van der Waals surface area contributed by atoms with Crippen molar-refractivity contribution in [3.8, 4) is 0 Å². The second-order valence-electron chi connectivity index (χ2n) is 5.77. The Labute approximate surface area is 142 Å². The molecule has 2 rings (SSSR count). The lowest BCUT2D eigenvalue weighted by Crippen LogP contribution is -2.27. The van der Waals surface area contributed by atoms with Gasteiger partial charge >= 0.3 is 0 Å². The van der Waals surface area contributed by atoms with Crippen molar-refractivity contribution in [3.63, 3.8) is 0 Å². The van der Waals surface area contributed by atoms with Crippen LogP contribution in [0.5, 0.6) is 0 Å². The normalized spacial score (nSPS) is 14.0. The summed E-state index contributed by atoms with van der Waals surface area (Å²) in [6.07, 6.45) is 3.27. The van der Waals surface area contributed by atoms with Crippen molar-refractivity contribution in [2.75, 3.05) is 5.73 Å². The summed E-state index contributed by atoms with van der Waals surface area (Å²) < 4.78 is 17.4. The molecule has 1 heterocycles. The third-order valence-electron chi connectivity index (χ3n) is 2.91. The molecule has 22 heavy (non-hydrogen) atoms. The fourth-order valence-corrected chi connectivity index (χ4v) is 2.76. The minimum Gasteiger partial charge on any atom is -0.591 e. The van der Waals surface area contributed by atoms with Gasteiger partial charge in [-0.1, -0.05) is 32.5 Å². The first-order chi connectivity index (χ1) is 10.3. The molecule has 4 nitrogen and oxygen atoms in total. The number of nitrogens with zero attached hydrogens (tertiary/aromatic N) is 2. The number of nitrogen functional groups attached to an aromatic ring is 1. The highest BCUT2D eigenvalue weighted by Crippen LogP contribution is 2.24. The van der Waals surface area contributed by atoms with Gasteiger partial charge in [0, 0.05) is 33.7 Å². The van der Waals surface area contributed by atoms with Crippen LogP contribution in [0.3, 0.4) is 0 Å². The third kappa shape index (κ3) is 4.09. The summed E-state index contributed by atoms with van der Waals surface area (Å²) in [5, 5.41) is 0. The van der Waals surface area contributed by atoms with E-state index >= 15 is 0 Å². The molecule has 2 aromatic rings. The second-order valence-corrected chi connectivity index (χ2v) is 8.60. The molecule has 0 aliphatic carbocycles. The lowest BCUT2D eigenvalue weighted by molar-refractivity contribution is 0.561. The summed E-state index contributed by atoms with van der Waals surface area (Å²) in [7, 11) is 0. The van der Waals surface area contributed by atoms with Crippen LogP contribution in [0.1, 0.15) is 31.9 Å². The van der Waals surface area contributed by atoms with Gasteiger partial charge in [0.25, 0.3) is 0 Å². The smallest absolute Gasteiger partial charge is 0.144 e. The van der Waals surface area contributed by atoms with Crippen molar-refractivity contribution in [3.05, 3.63) is 58.3 Å². The lowest BCUT2D eigenvalue weighted by atomic mass is 10.0. The van der Waals surface area contributed by atoms with E-state index in [1.807, 2.05) is 45.0 Å². The average molecular weight is 380 g/mol. The Morgan fingerprint density at radius 1 is 1.32 bits per heavy atom. The average Bonchev–Trinajstić information content (AvgIpc) is 2.44. The van der Waals surface area contributed by atoms with Gasteiger partial charge in [-0.25, -0.2) is 0 Å². The van der Waals surface area contributed by atoms with E-state index in [0.29, 0.717) is 17.0 Å². The van der Waals surface area contributed by atoms with Gasteiger partial charge in [0.1, 0.15) is 21.8 Å². The number of benzene rings is 1. The predicted molar refractivity (Wildman–Crippen MR) is 96.3 cm³/mol. The van der Waals surface area contributed by atoms with E-state index in [-0.39, 0.29) is 0 Å². The molecule has 1 unspecified atom stereocenters. The summed E-state index contributed by atoms with van der Waals surface area (Å²) in [4.78, 5) is 4.11. The van der Waals surface area contributed by atoms with Crippen LogP contribution in [0.4, 0.5) is 5.69 Å². The van der Waals surface area contributed by atoms with Gasteiger partial charge in [-0.3, -0.25) is 4.98 Å². The minimum absolute atomic E-state index is 0.450. The Kier molecular flexibility index (Phi) is 5.26. The van der Waals surface area contributed by atoms with E-state index in [4.69, 9.17) is 5.73 Å². The molecule has 0 saturated carbocycles. The molecule has 1 atom stereocenters. The maximum absolute atomic E-state index is 12.5. The molecular weight excluding hydrogens is 362 g/mol. The topological polar surface area (TPSA) is 74.3 Å². The molecule has 1 aromatic heterocycles. The summed E-state index contributed by atoms with van der Waals surface area (Å²) in [5.41, 5.74) is 8.71. The van der Waals surface area contributed by atoms with Gasteiger partial charge in [-0.15, -0.1) is 0 Å². The number of hydrogen-bond donors (Lipinski definition) is 1. The van der Waals surface area contributed by atoms with Crippen molar-refractivity contribution in [2.24, 2.45) is 4.40 Å². The number of nitrogens with two attached hydrogens (primary N) is 1. The zero-order valence-corrected chi connectivity index (χ0v) is 15.1. The first-order valence-corrected chi connectivity index (χ1v) is 8.65. The molecule has 6 heteroatoms. The van der Waals surface area contributed by atoms with Gasteiger partial charge < -0.3 is 10.3 Å². The Hall–Kier alpha value is -1.37. The number of pyridine rings is 1. The highest BCUT2D eigenvalue weighted by molar-refractivity contribution is 9.10. The predicted octanol–water partition coefficient (Wildman–Crippen LogP) is 3.73. The largest absolute Gasteiger partial charge is 0.591 e. The first kappa shape index (κ1) is 17.0. The number of aromatic nitrogens is 1. The van der Waals surface area contributed by atoms with Crippen LogP contribution in [-0.2, 0) is 11.4 Å². The van der Waals surface area contributed by atoms with E-state index in [9.17, 15) is 4.55 Å². The standard InChI is InChI=1S/C16H18BrN3OS/c1-16(2,3)22(21)20-15(11-5-4-6-12(17)9-11)13-10-19-8-7-14(13)18/h4-10H,1-3H3,(H2,18,19). The maximum Gasteiger partial charge on any atom is 0.144 e. The molecule has 0 radical (unpaired) electrons. The van der Waals surface area contributed by atoms with Crippen molar-refractivity contribution in [1.82, 2.24) is 4.98 Å². The van der Waals surface area contributed by atoms with Crippen LogP contribution in [0.25, 0.3) is 0 Å². The molecule has 0 aliphatic heterocycles. The van der Waals surface area contributed by atoms with Gasteiger partial charge in [0.2, 0.25) is 0 Å². The molecule has 0 bridgehead atoms. The zero-order valence-electron chi connectivity index (χ0n) is 12.7. The van der Waals surface area contributed by atoms with Crippen LogP contribution in [0.15, 0.2) is 51.6 Å². The highest BCUT2D eigenvalue weighted by Gasteiger charge is 2.28. The van der Waals surface area contributed by atoms with E-state index in [0.717, 1.165) is 10.0 Å². The summed E-state index contributed by atoms with van der Waals surface area (Å²) in [6.45, 7) is 5.66. The molecule has 0 amide bonds. The quantitative estimate of drug-likeness (QED) is 0.651. The Balaban J connectivity index is 2.60. The number of halogens is 1. The Morgan fingerprint density at radius 2 is 2.05 bits per heavy atom. The number of anilines is 1. The van der Waals surface area contributed by atoms with Crippen molar-refractivity contribution >= 4 is 38.7 Å². The minimum atomic E-state index is -1.39. The lowest BCUT2D eigenvalue weighted by Gasteiger charge is -2.20. The second kappa shape index (κ2) is 6.81. The highest BCUT2D eigenvalue weighted by atomic mass is 79.9. The van der Waals surface area contributed by atoms with Crippen LogP contribution in [0.2, 0.25) is 0 Å². The van der Waals surface area contributed by atoms with Crippen molar-refractivity contribution < 1.29 is 4.55 Å². The molecular formula is C16H18BrN3OS. The Bertz CT molecular complexity index is 698. The summed E-state index contributed by atoms with van der Waals surface area (Å²) in [5.74, 6) is 0. The molecule has 0 fully saturated rings. The molecule has 0 aliphatic rings. The van der Waals surface area contributed by atoms with E-state index in [1.54, 1.807) is 18.5 Å². The Morgan fingerprint density at radius 3 is 2.64 bits per heavy atom. The van der Waals surface area contributed by atoms with Gasteiger partial charge in [0.15, 0.2) is 0 Å². The zero-order chi connectivity index (χ0) is 16.3. The van der Waals surface area contributed by atoms with E-state index in [1.165, 1.54) is 0 Å². The van der Waals surface area contributed by atoms with Gasteiger partial charge in [-0.2, -0.15) is 0 Å². The first-order valence-electron chi connectivity index (χ1n) is 6.75. The molecule has 0 saturated heterocycles. The van der Waals surface area contributed by atoms with Gasteiger partial charge in [-0.05, 0) is 39.0 Å². The van der Waals surface area contributed by atoms with Crippen molar-refractivity contribution in [1.29, 1.82) is 0 Å². The van der Waals surface area contributed by atoms with E-state index < -0.39 is 16.1 Å². The monoisotopic (exact) mass is 379 g/mol. The van der Waals surface area contributed by atoms with Gasteiger partial charge in [0.05, 0.1) is 0 Å². The SMILES string of the molecule is CC(C)(C)[S+]([O-])N=C(c1cccc(Br)c1)c1cnccc1N. The van der Waals surface area contributed by atoms with Crippen molar-refractivity contribution in [2.45, 2.75) is 25.5 Å². The number of rotatable bonds is 3. The fraction of sp³-hybridized carbons (Fsp3) is 0.250. The molecule has 2 N–H and O–H groups in total. The summed E-state index contributed by atoms with van der Waals surface area (Å²) in [6, 6.07) is 9.37. The molecule has 116 valence electrons.